The minimum absolute atomic E-state index is 0.0642. The van der Waals surface area contributed by atoms with Gasteiger partial charge >= 0.3 is 11.8 Å². The van der Waals surface area contributed by atoms with Gasteiger partial charge in [-0.1, -0.05) is 50.0 Å². The molecular formula is C27H26Cl2F3N7O6S. The van der Waals surface area contributed by atoms with Gasteiger partial charge in [-0.15, -0.1) is 10.2 Å². The molecule has 19 heteroatoms. The SMILES string of the molecule is CC(C)Oc1cc(-n2nc(C(C)(C)C)oc2=O)c(Cl)cc1Cl.COc1ncc(F)c2nc(S(=O)(=O)Nc3c(F)cccc3F)nn12. The van der Waals surface area contributed by atoms with Crippen molar-refractivity contribution in [3.63, 3.8) is 0 Å². The summed E-state index contributed by atoms with van der Waals surface area (Å²) in [6.07, 6.45) is 0.703. The van der Waals surface area contributed by atoms with Crippen LogP contribution < -0.4 is 20.0 Å². The Balaban J connectivity index is 0.000000210. The lowest BCUT2D eigenvalue weighted by atomic mass is 9.97. The van der Waals surface area contributed by atoms with E-state index in [1.165, 1.54) is 13.2 Å². The van der Waals surface area contributed by atoms with Crippen LogP contribution in [0.2, 0.25) is 10.0 Å². The maximum absolute atomic E-state index is 13.7. The van der Waals surface area contributed by atoms with Gasteiger partial charge < -0.3 is 13.9 Å². The number of para-hydroxylation sites is 1. The highest BCUT2D eigenvalue weighted by atomic mass is 35.5. The molecule has 0 fully saturated rings. The average Bonchev–Trinajstić information content (AvgIpc) is 3.59. The number of aromatic nitrogens is 6. The number of ether oxygens (including phenoxy) is 2. The van der Waals surface area contributed by atoms with E-state index in [2.05, 4.69) is 20.2 Å². The average molecular weight is 705 g/mol. The molecule has 0 aliphatic carbocycles. The Morgan fingerprint density at radius 3 is 2.24 bits per heavy atom. The van der Waals surface area contributed by atoms with Crippen molar-refractivity contribution in [1.29, 1.82) is 0 Å². The van der Waals surface area contributed by atoms with Crippen molar-refractivity contribution in [2.75, 3.05) is 11.8 Å². The van der Waals surface area contributed by atoms with E-state index in [0.717, 1.165) is 29.1 Å². The van der Waals surface area contributed by atoms with E-state index < -0.39 is 49.7 Å². The van der Waals surface area contributed by atoms with E-state index in [4.69, 9.17) is 37.1 Å². The Morgan fingerprint density at radius 2 is 1.67 bits per heavy atom. The van der Waals surface area contributed by atoms with E-state index in [0.29, 0.717) is 26.9 Å². The van der Waals surface area contributed by atoms with Crippen LogP contribution in [0.4, 0.5) is 18.9 Å². The summed E-state index contributed by atoms with van der Waals surface area (Å²) in [5.41, 5.74) is -1.40. The fourth-order valence-electron chi connectivity index (χ4n) is 3.59. The fraction of sp³-hybridized carbons (Fsp3) is 0.296. The van der Waals surface area contributed by atoms with Crippen LogP contribution in [0.1, 0.15) is 40.5 Å². The zero-order chi connectivity index (χ0) is 34.1. The number of hydrogen-bond donors (Lipinski definition) is 1. The van der Waals surface area contributed by atoms with E-state index in [1.807, 2.05) is 34.6 Å². The van der Waals surface area contributed by atoms with Gasteiger partial charge in [-0.25, -0.2) is 22.9 Å². The predicted molar refractivity (Wildman–Crippen MR) is 161 cm³/mol. The molecule has 0 aliphatic heterocycles. The lowest BCUT2D eigenvalue weighted by molar-refractivity contribution is 0.242. The summed E-state index contributed by atoms with van der Waals surface area (Å²) < 4.78 is 84.4. The first-order valence-electron chi connectivity index (χ1n) is 13.1. The molecular weight excluding hydrogens is 678 g/mol. The third-order valence-electron chi connectivity index (χ3n) is 5.67. The second-order valence-corrected chi connectivity index (χ2v) is 13.1. The lowest BCUT2D eigenvalue weighted by Gasteiger charge is -2.13. The minimum atomic E-state index is -4.58. The Bertz CT molecular complexity index is 2060. The number of nitrogens with one attached hydrogen (secondary N) is 1. The Hall–Kier alpha value is -4.35. The number of benzene rings is 2. The van der Waals surface area contributed by atoms with Crippen molar-refractivity contribution in [1.82, 2.24) is 29.4 Å². The molecule has 3 heterocycles. The van der Waals surface area contributed by atoms with Gasteiger partial charge in [-0.3, -0.25) is 4.72 Å². The van der Waals surface area contributed by atoms with E-state index in [-0.39, 0.29) is 22.6 Å². The molecule has 0 saturated heterocycles. The second kappa shape index (κ2) is 13.2. The first kappa shape index (κ1) is 34.5. The summed E-state index contributed by atoms with van der Waals surface area (Å²) >= 11 is 12.3. The maximum Gasteiger partial charge on any atom is 0.442 e. The summed E-state index contributed by atoms with van der Waals surface area (Å²) in [5.74, 6) is -3.06. The monoisotopic (exact) mass is 703 g/mol. The smallest absolute Gasteiger partial charge is 0.442 e. The first-order valence-corrected chi connectivity index (χ1v) is 15.4. The van der Waals surface area contributed by atoms with Crippen molar-refractivity contribution in [3.8, 4) is 17.4 Å². The summed E-state index contributed by atoms with van der Waals surface area (Å²) in [6, 6.07) is 5.68. The van der Waals surface area contributed by atoms with Crippen LogP contribution in [0.3, 0.4) is 0 Å². The first-order chi connectivity index (χ1) is 21.4. The van der Waals surface area contributed by atoms with E-state index in [9.17, 15) is 26.4 Å². The number of rotatable bonds is 7. The molecule has 13 nitrogen and oxygen atoms in total. The summed E-state index contributed by atoms with van der Waals surface area (Å²) in [7, 11) is -3.37. The van der Waals surface area contributed by atoms with Crippen LogP contribution >= 0.6 is 23.2 Å². The van der Waals surface area contributed by atoms with E-state index >= 15 is 0 Å². The number of fused-ring (bicyclic) bond motifs is 1. The largest absolute Gasteiger partial charge is 0.489 e. The van der Waals surface area contributed by atoms with Crippen LogP contribution in [0.25, 0.3) is 11.3 Å². The molecule has 3 aromatic heterocycles. The quantitative estimate of drug-likeness (QED) is 0.227. The van der Waals surface area contributed by atoms with Gasteiger partial charge in [-0.2, -0.15) is 22.6 Å². The molecule has 0 bridgehead atoms. The number of nitrogens with zero attached hydrogens (tertiary/aromatic N) is 6. The van der Waals surface area contributed by atoms with Gasteiger partial charge in [0.1, 0.15) is 23.1 Å². The topological polar surface area (TPSA) is 156 Å². The van der Waals surface area contributed by atoms with Crippen LogP contribution in [0, 0.1) is 17.5 Å². The molecule has 2 aromatic carbocycles. The van der Waals surface area contributed by atoms with Gasteiger partial charge in [0.25, 0.3) is 15.2 Å². The lowest BCUT2D eigenvalue weighted by Crippen LogP contribution is -2.16. The molecule has 0 radical (unpaired) electrons. The highest BCUT2D eigenvalue weighted by Gasteiger charge is 2.27. The van der Waals surface area contributed by atoms with Crippen molar-refractivity contribution in [2.24, 2.45) is 0 Å². The number of anilines is 1. The molecule has 0 spiro atoms. The second-order valence-electron chi connectivity index (χ2n) is 10.7. The third-order valence-corrected chi connectivity index (χ3v) is 7.40. The van der Waals surface area contributed by atoms with Gasteiger partial charge in [0.05, 0.1) is 35.1 Å². The van der Waals surface area contributed by atoms with Crippen LogP contribution in [0.5, 0.6) is 11.8 Å². The molecule has 0 saturated carbocycles. The van der Waals surface area contributed by atoms with Crippen molar-refractivity contribution >= 4 is 44.6 Å². The number of methoxy groups -OCH3 is 1. The molecule has 0 atom stereocenters. The summed E-state index contributed by atoms with van der Waals surface area (Å²) in [4.78, 5) is 19.1. The summed E-state index contributed by atoms with van der Waals surface area (Å²) in [6.45, 7) is 9.47. The molecule has 246 valence electrons. The van der Waals surface area contributed by atoms with E-state index in [1.54, 1.807) is 10.8 Å². The molecule has 1 N–H and O–H groups in total. The Kier molecular flexibility index (Phi) is 9.89. The molecule has 0 aliphatic rings. The Morgan fingerprint density at radius 1 is 1.02 bits per heavy atom. The van der Waals surface area contributed by atoms with Crippen LogP contribution in [-0.2, 0) is 15.4 Å². The molecule has 46 heavy (non-hydrogen) atoms. The standard InChI is InChI=1S/C15H18Cl2N2O3.C12H8F3N5O3S/c1-8(2)21-12-7-11(9(16)6-10(12)17)19-14(20)22-13(18-19)15(3,4)5;1-23-12-16-5-8(15)10-17-11(18-20(10)12)24(21,22)19-9-6(13)3-2-4-7(9)14/h6-8H,1-5H3;2-5,19H,1H3. The molecule has 0 unspecified atom stereocenters. The van der Waals surface area contributed by atoms with Gasteiger partial charge in [-0.05, 0) is 32.0 Å². The zero-order valence-corrected chi connectivity index (χ0v) is 27.3. The maximum atomic E-state index is 13.7. The van der Waals surface area contributed by atoms with Gasteiger partial charge in [0.15, 0.2) is 11.5 Å². The molecule has 0 amide bonds. The molecule has 5 rings (SSSR count). The minimum Gasteiger partial charge on any atom is -0.489 e. The van der Waals surface area contributed by atoms with Crippen LogP contribution in [-0.4, -0.2) is 51.0 Å². The summed E-state index contributed by atoms with van der Waals surface area (Å²) in [5, 5.41) is 7.52. The van der Waals surface area contributed by atoms with Gasteiger partial charge in [0.2, 0.25) is 5.89 Å². The van der Waals surface area contributed by atoms with Crippen LogP contribution in [0.15, 0.2) is 50.9 Å². The normalized spacial score (nSPS) is 11.8. The zero-order valence-electron chi connectivity index (χ0n) is 25.0. The number of sulfonamides is 1. The third kappa shape index (κ3) is 7.37. The number of hydrogen-bond acceptors (Lipinski definition) is 10. The van der Waals surface area contributed by atoms with Crippen molar-refractivity contribution < 1.29 is 35.5 Å². The van der Waals surface area contributed by atoms with Crippen molar-refractivity contribution in [2.45, 2.75) is 51.3 Å². The highest BCUT2D eigenvalue weighted by molar-refractivity contribution is 7.92. The highest BCUT2D eigenvalue weighted by Crippen LogP contribution is 2.33. The van der Waals surface area contributed by atoms with Gasteiger partial charge in [0, 0.05) is 11.5 Å². The fourth-order valence-corrected chi connectivity index (χ4v) is 5.05. The molecule has 5 aromatic rings. The Labute approximate surface area is 269 Å². The number of halogens is 5. The van der Waals surface area contributed by atoms with Crippen molar-refractivity contribution in [3.05, 3.63) is 80.5 Å². The predicted octanol–water partition coefficient (Wildman–Crippen LogP) is 5.57.